The molecule has 0 saturated heterocycles. The lowest BCUT2D eigenvalue weighted by molar-refractivity contribution is 0.318. The first-order chi connectivity index (χ1) is 19.0. The molecule has 0 aliphatic carbocycles. The Kier molecular flexibility index (Phi) is 22.6. The lowest BCUT2D eigenvalue weighted by Gasteiger charge is -2.14. The molecule has 0 radical (unpaired) electrons. The summed E-state index contributed by atoms with van der Waals surface area (Å²) in [6.07, 6.45) is 13.1. The summed E-state index contributed by atoms with van der Waals surface area (Å²) >= 11 is 0. The number of carbonyl (C=O) groups excluding carboxylic acids is 3. The molecular formula is C26H42N6O7. The normalized spacial score (nSPS) is 10.0. The SMILES string of the molecule is CCO.O=C=NCCCCCCn1c(=O)n(CCCCCCN=C=O)c(=O)n(CCCCCCN=C=O)c1=O. The number of isocyanates is 3. The van der Waals surface area contributed by atoms with Gasteiger partial charge in [-0.1, -0.05) is 38.5 Å². The van der Waals surface area contributed by atoms with Crippen LogP contribution in [0.15, 0.2) is 29.4 Å². The third-order valence-corrected chi connectivity index (χ3v) is 5.78. The number of unbranched alkanes of at least 4 members (excludes halogenated alkanes) is 9. The van der Waals surface area contributed by atoms with E-state index in [-0.39, 0.29) is 26.2 Å². The topological polar surface area (TPSA) is 175 Å². The second-order valence-electron chi connectivity index (χ2n) is 8.78. The molecule has 0 aliphatic heterocycles. The molecule has 39 heavy (non-hydrogen) atoms. The molecular weight excluding hydrogens is 508 g/mol. The van der Waals surface area contributed by atoms with E-state index in [1.807, 2.05) is 0 Å². The number of aliphatic hydroxyl groups is 1. The molecule has 218 valence electrons. The lowest BCUT2D eigenvalue weighted by Crippen LogP contribution is -2.54. The minimum atomic E-state index is -0.593. The van der Waals surface area contributed by atoms with Crippen molar-refractivity contribution in [1.82, 2.24) is 13.7 Å². The van der Waals surface area contributed by atoms with Crippen molar-refractivity contribution >= 4 is 18.2 Å². The molecule has 0 aliphatic rings. The van der Waals surface area contributed by atoms with Crippen LogP contribution in [0.3, 0.4) is 0 Å². The predicted octanol–water partition coefficient (Wildman–Crippen LogP) is 1.86. The van der Waals surface area contributed by atoms with Crippen molar-refractivity contribution < 1.29 is 19.5 Å². The van der Waals surface area contributed by atoms with E-state index >= 15 is 0 Å². The molecule has 13 nitrogen and oxygen atoms in total. The Morgan fingerprint density at radius 1 is 0.513 bits per heavy atom. The zero-order valence-corrected chi connectivity index (χ0v) is 23.0. The van der Waals surface area contributed by atoms with Gasteiger partial charge in [-0.05, 0) is 45.4 Å². The number of rotatable bonds is 21. The molecule has 1 rings (SSSR count). The van der Waals surface area contributed by atoms with Crippen molar-refractivity contribution in [3.8, 4) is 0 Å². The van der Waals surface area contributed by atoms with Gasteiger partial charge in [-0.3, -0.25) is 0 Å². The maximum atomic E-state index is 13.0. The Bertz CT molecular complexity index is 953. The van der Waals surface area contributed by atoms with Crippen LogP contribution < -0.4 is 17.1 Å². The molecule has 0 saturated carbocycles. The van der Waals surface area contributed by atoms with Gasteiger partial charge < -0.3 is 5.11 Å². The molecule has 1 aromatic heterocycles. The molecule has 0 spiro atoms. The predicted molar refractivity (Wildman–Crippen MR) is 146 cm³/mol. The Morgan fingerprint density at radius 3 is 0.974 bits per heavy atom. The Labute approximate surface area is 228 Å². The summed E-state index contributed by atoms with van der Waals surface area (Å²) < 4.78 is 3.42. The average Bonchev–Trinajstić information content (AvgIpc) is 2.92. The van der Waals surface area contributed by atoms with Gasteiger partial charge in [-0.25, -0.2) is 57.4 Å². The third kappa shape index (κ3) is 16.2. The highest BCUT2D eigenvalue weighted by Gasteiger charge is 2.15. The van der Waals surface area contributed by atoms with Gasteiger partial charge >= 0.3 is 17.1 Å². The quantitative estimate of drug-likeness (QED) is 0.138. The number of aliphatic hydroxyl groups excluding tert-OH is 1. The summed E-state index contributed by atoms with van der Waals surface area (Å²) in [5, 5.41) is 7.57. The van der Waals surface area contributed by atoms with Crippen molar-refractivity contribution in [1.29, 1.82) is 0 Å². The Hall–Kier alpha value is -3.49. The van der Waals surface area contributed by atoms with Crippen molar-refractivity contribution in [2.24, 2.45) is 15.0 Å². The Morgan fingerprint density at radius 2 is 0.744 bits per heavy atom. The van der Waals surface area contributed by atoms with E-state index in [1.54, 1.807) is 6.92 Å². The Balaban J connectivity index is 0.00000458. The van der Waals surface area contributed by atoms with Crippen molar-refractivity contribution in [3.05, 3.63) is 31.5 Å². The molecule has 0 amide bonds. The van der Waals surface area contributed by atoms with Gasteiger partial charge in [-0.15, -0.1) is 0 Å². The number of hydrogen-bond donors (Lipinski definition) is 1. The van der Waals surface area contributed by atoms with Gasteiger partial charge in [-0.2, -0.15) is 0 Å². The second-order valence-corrected chi connectivity index (χ2v) is 8.78. The summed E-state index contributed by atoms with van der Waals surface area (Å²) in [7, 11) is 0. The molecule has 0 aromatic carbocycles. The molecule has 0 unspecified atom stereocenters. The van der Waals surface area contributed by atoms with Gasteiger partial charge in [0.05, 0.1) is 19.6 Å². The standard InChI is InChI=1S/C24H36N6O6.C2H6O/c31-19-25-13-7-1-4-10-16-28-22(34)29(17-11-5-2-8-14-26-20-32)24(36)30(23(28)35)18-12-6-3-9-15-27-21-33;1-2-3/h1-18H2;3H,2H2,1H3. The number of hydrogen-bond acceptors (Lipinski definition) is 10. The van der Waals surface area contributed by atoms with Crippen LogP contribution >= 0.6 is 0 Å². The monoisotopic (exact) mass is 550 g/mol. The van der Waals surface area contributed by atoms with Crippen molar-refractivity contribution in [2.45, 2.75) is 104 Å². The van der Waals surface area contributed by atoms with Crippen LogP contribution in [0.25, 0.3) is 0 Å². The molecule has 1 N–H and O–H groups in total. The van der Waals surface area contributed by atoms with Crippen LogP contribution in [-0.2, 0) is 34.0 Å². The van der Waals surface area contributed by atoms with E-state index in [1.165, 1.54) is 18.2 Å². The highest BCUT2D eigenvalue weighted by atomic mass is 16.2. The molecule has 1 heterocycles. The number of aliphatic imine (C=N–C) groups is 3. The minimum absolute atomic E-state index is 0.211. The fraction of sp³-hybridized carbons (Fsp3) is 0.769. The molecule has 13 heteroatoms. The zero-order chi connectivity index (χ0) is 29.1. The minimum Gasteiger partial charge on any atom is -0.397 e. The number of nitrogens with zero attached hydrogens (tertiary/aromatic N) is 6. The van der Waals surface area contributed by atoms with Gasteiger partial charge in [0.15, 0.2) is 0 Å². The highest BCUT2D eigenvalue weighted by molar-refractivity contribution is 5.33. The van der Waals surface area contributed by atoms with E-state index < -0.39 is 17.1 Å². The summed E-state index contributed by atoms with van der Waals surface area (Å²) in [6.45, 7) is 3.78. The van der Waals surface area contributed by atoms with Crippen LogP contribution in [0.5, 0.6) is 0 Å². The van der Waals surface area contributed by atoms with Crippen LogP contribution in [0.4, 0.5) is 0 Å². The van der Waals surface area contributed by atoms with E-state index in [0.29, 0.717) is 38.9 Å². The fourth-order valence-electron chi connectivity index (χ4n) is 3.84. The van der Waals surface area contributed by atoms with E-state index in [9.17, 15) is 28.8 Å². The van der Waals surface area contributed by atoms with Gasteiger partial charge in [0.25, 0.3) is 0 Å². The first kappa shape index (κ1) is 35.5. The maximum Gasteiger partial charge on any atom is 0.336 e. The molecule has 0 bridgehead atoms. The van der Waals surface area contributed by atoms with Crippen LogP contribution in [0, 0.1) is 0 Å². The largest absolute Gasteiger partial charge is 0.397 e. The van der Waals surface area contributed by atoms with E-state index in [4.69, 9.17) is 5.11 Å². The van der Waals surface area contributed by atoms with Gasteiger partial charge in [0.1, 0.15) is 0 Å². The molecule has 1 aromatic rings. The smallest absolute Gasteiger partial charge is 0.336 e. The summed E-state index contributed by atoms with van der Waals surface area (Å²) in [5.74, 6) is 0. The van der Waals surface area contributed by atoms with Gasteiger partial charge in [0.2, 0.25) is 18.2 Å². The van der Waals surface area contributed by atoms with Crippen molar-refractivity contribution in [2.75, 3.05) is 26.2 Å². The first-order valence-electron chi connectivity index (χ1n) is 13.7. The van der Waals surface area contributed by atoms with E-state index in [2.05, 4.69) is 15.0 Å². The zero-order valence-electron chi connectivity index (χ0n) is 23.0. The molecule has 0 atom stereocenters. The fourth-order valence-corrected chi connectivity index (χ4v) is 3.84. The summed E-state index contributed by atoms with van der Waals surface area (Å²) in [5.41, 5.74) is -1.78. The average molecular weight is 551 g/mol. The van der Waals surface area contributed by atoms with Crippen molar-refractivity contribution in [3.63, 3.8) is 0 Å². The highest BCUT2D eigenvalue weighted by Crippen LogP contribution is 2.03. The third-order valence-electron chi connectivity index (χ3n) is 5.78. The first-order valence-corrected chi connectivity index (χ1v) is 13.7. The summed E-state index contributed by atoms with van der Waals surface area (Å²) in [6, 6.07) is 0. The summed E-state index contributed by atoms with van der Waals surface area (Å²) in [4.78, 5) is 79.9. The lowest BCUT2D eigenvalue weighted by atomic mass is 10.2. The van der Waals surface area contributed by atoms with E-state index in [0.717, 1.165) is 71.5 Å². The molecule has 0 fully saturated rings. The number of aromatic nitrogens is 3. The second kappa shape index (κ2) is 24.8. The van der Waals surface area contributed by atoms with Gasteiger partial charge in [0, 0.05) is 26.2 Å². The maximum absolute atomic E-state index is 13.0. The van der Waals surface area contributed by atoms with Crippen LogP contribution in [0.1, 0.15) is 84.0 Å². The van der Waals surface area contributed by atoms with Crippen LogP contribution in [-0.4, -0.2) is 63.3 Å². The van der Waals surface area contributed by atoms with Crippen LogP contribution in [0.2, 0.25) is 0 Å².